The maximum Gasteiger partial charge on any atom is 0.127 e. The minimum atomic E-state index is 0.0704. The van der Waals surface area contributed by atoms with Gasteiger partial charge in [-0.3, -0.25) is 4.90 Å². The Bertz CT molecular complexity index is 412. The first-order valence-corrected chi connectivity index (χ1v) is 6.71. The summed E-state index contributed by atoms with van der Waals surface area (Å²) in [5, 5.41) is 0. The van der Waals surface area contributed by atoms with E-state index in [4.69, 9.17) is 19.9 Å². The lowest BCUT2D eigenvalue weighted by Crippen LogP contribution is -2.39. The highest BCUT2D eigenvalue weighted by Gasteiger charge is 2.23. The van der Waals surface area contributed by atoms with Gasteiger partial charge in [-0.15, -0.1) is 0 Å². The van der Waals surface area contributed by atoms with E-state index in [1.807, 2.05) is 25.2 Å². The standard InChI is InChI=1S/C15H26N2O3/c1-11(10-18-3)17(2)14(9-16)13-7-6-12(19-4)8-15(13)20-5/h6-8,11,14H,9-10,16H2,1-5H3. The zero-order valence-electron chi connectivity index (χ0n) is 13.1. The van der Waals surface area contributed by atoms with Crippen LogP contribution in [0, 0.1) is 0 Å². The number of nitrogens with two attached hydrogens (primary N) is 1. The van der Waals surface area contributed by atoms with E-state index >= 15 is 0 Å². The van der Waals surface area contributed by atoms with Crippen LogP contribution < -0.4 is 15.2 Å². The summed E-state index contributed by atoms with van der Waals surface area (Å²) in [5.41, 5.74) is 7.02. The zero-order chi connectivity index (χ0) is 15.1. The van der Waals surface area contributed by atoms with Crippen molar-refractivity contribution in [2.24, 2.45) is 5.73 Å². The topological polar surface area (TPSA) is 57.0 Å². The summed E-state index contributed by atoms with van der Waals surface area (Å²) in [6.07, 6.45) is 0. The molecule has 0 aliphatic rings. The number of methoxy groups -OCH3 is 3. The Morgan fingerprint density at radius 3 is 2.40 bits per heavy atom. The number of benzene rings is 1. The molecule has 0 aliphatic carbocycles. The van der Waals surface area contributed by atoms with Gasteiger partial charge in [0.25, 0.3) is 0 Å². The summed E-state index contributed by atoms with van der Waals surface area (Å²) in [6.45, 7) is 3.28. The van der Waals surface area contributed by atoms with Gasteiger partial charge in [-0.05, 0) is 20.0 Å². The van der Waals surface area contributed by atoms with Crippen LogP contribution in [-0.2, 0) is 4.74 Å². The van der Waals surface area contributed by atoms with Crippen LogP contribution >= 0.6 is 0 Å². The summed E-state index contributed by atoms with van der Waals surface area (Å²) < 4.78 is 15.9. The van der Waals surface area contributed by atoms with Gasteiger partial charge in [-0.1, -0.05) is 6.07 Å². The molecule has 1 aromatic rings. The first-order valence-electron chi connectivity index (χ1n) is 6.71. The number of hydrogen-bond donors (Lipinski definition) is 1. The summed E-state index contributed by atoms with van der Waals surface area (Å²) in [7, 11) is 7.05. The molecule has 0 amide bonds. The fourth-order valence-corrected chi connectivity index (χ4v) is 2.27. The van der Waals surface area contributed by atoms with E-state index in [0.29, 0.717) is 13.2 Å². The van der Waals surface area contributed by atoms with Gasteiger partial charge >= 0.3 is 0 Å². The highest BCUT2D eigenvalue weighted by Crippen LogP contribution is 2.32. The van der Waals surface area contributed by atoms with Crippen LogP contribution in [0.5, 0.6) is 11.5 Å². The monoisotopic (exact) mass is 282 g/mol. The average molecular weight is 282 g/mol. The van der Waals surface area contributed by atoms with Crippen LogP contribution in [0.4, 0.5) is 0 Å². The number of nitrogens with zero attached hydrogens (tertiary/aromatic N) is 1. The van der Waals surface area contributed by atoms with Crippen LogP contribution in [0.1, 0.15) is 18.5 Å². The van der Waals surface area contributed by atoms with Crippen LogP contribution in [-0.4, -0.2) is 52.5 Å². The lowest BCUT2D eigenvalue weighted by Gasteiger charge is -2.33. The van der Waals surface area contributed by atoms with Gasteiger partial charge in [-0.2, -0.15) is 0 Å². The van der Waals surface area contributed by atoms with Crippen LogP contribution in [0.25, 0.3) is 0 Å². The van der Waals surface area contributed by atoms with E-state index in [0.717, 1.165) is 17.1 Å². The molecule has 5 heteroatoms. The summed E-state index contributed by atoms with van der Waals surface area (Å²) in [6, 6.07) is 6.15. The molecule has 5 nitrogen and oxygen atoms in total. The van der Waals surface area contributed by atoms with E-state index < -0.39 is 0 Å². The first-order chi connectivity index (χ1) is 9.58. The van der Waals surface area contributed by atoms with Gasteiger partial charge < -0.3 is 19.9 Å². The molecule has 0 saturated carbocycles. The Hall–Kier alpha value is -1.30. The van der Waals surface area contributed by atoms with Crippen LogP contribution in [0.3, 0.4) is 0 Å². The fourth-order valence-electron chi connectivity index (χ4n) is 2.27. The predicted octanol–water partition coefficient (Wildman–Crippen LogP) is 1.67. The second-order valence-electron chi connectivity index (χ2n) is 4.83. The highest BCUT2D eigenvalue weighted by atomic mass is 16.5. The van der Waals surface area contributed by atoms with Gasteiger partial charge in [-0.25, -0.2) is 0 Å². The minimum Gasteiger partial charge on any atom is -0.497 e. The molecule has 0 radical (unpaired) electrons. The van der Waals surface area contributed by atoms with Crippen molar-refractivity contribution in [3.05, 3.63) is 23.8 Å². The molecule has 0 spiro atoms. The van der Waals surface area contributed by atoms with E-state index in [-0.39, 0.29) is 12.1 Å². The van der Waals surface area contributed by atoms with Gasteiger partial charge in [0, 0.05) is 31.3 Å². The maximum absolute atomic E-state index is 5.96. The predicted molar refractivity (Wildman–Crippen MR) is 80.4 cm³/mol. The third-order valence-corrected chi connectivity index (χ3v) is 3.62. The molecular formula is C15H26N2O3. The highest BCUT2D eigenvalue weighted by molar-refractivity contribution is 5.42. The third kappa shape index (κ3) is 3.85. The molecule has 0 fully saturated rings. The Labute approximate surface area is 121 Å². The Balaban J connectivity index is 3.05. The lowest BCUT2D eigenvalue weighted by atomic mass is 10.0. The number of hydrogen-bond acceptors (Lipinski definition) is 5. The molecule has 2 unspecified atom stereocenters. The molecule has 114 valence electrons. The average Bonchev–Trinajstić information content (AvgIpc) is 2.48. The van der Waals surface area contributed by atoms with E-state index in [1.165, 1.54) is 0 Å². The van der Waals surface area contributed by atoms with Crippen molar-refractivity contribution in [3.8, 4) is 11.5 Å². The molecule has 0 saturated heterocycles. The molecule has 1 rings (SSSR count). The molecular weight excluding hydrogens is 256 g/mol. The summed E-state index contributed by atoms with van der Waals surface area (Å²) in [5.74, 6) is 1.56. The molecule has 0 aromatic heterocycles. The molecule has 0 aliphatic heterocycles. The number of ether oxygens (including phenoxy) is 3. The van der Waals surface area contributed by atoms with Gasteiger partial charge in [0.1, 0.15) is 11.5 Å². The number of likely N-dealkylation sites (N-methyl/N-ethyl adjacent to an activating group) is 1. The summed E-state index contributed by atoms with van der Waals surface area (Å²) >= 11 is 0. The van der Waals surface area contributed by atoms with Crippen molar-refractivity contribution < 1.29 is 14.2 Å². The van der Waals surface area contributed by atoms with E-state index in [9.17, 15) is 0 Å². The van der Waals surface area contributed by atoms with Crippen molar-refractivity contribution in [3.63, 3.8) is 0 Å². The Kier molecular flexibility index (Phi) is 6.78. The van der Waals surface area contributed by atoms with E-state index in [2.05, 4.69) is 11.8 Å². The molecule has 20 heavy (non-hydrogen) atoms. The molecule has 2 N–H and O–H groups in total. The van der Waals surface area contributed by atoms with Crippen molar-refractivity contribution in [2.75, 3.05) is 41.5 Å². The van der Waals surface area contributed by atoms with Crippen LogP contribution in [0.15, 0.2) is 18.2 Å². The Morgan fingerprint density at radius 2 is 1.90 bits per heavy atom. The Morgan fingerprint density at radius 1 is 1.20 bits per heavy atom. The largest absolute Gasteiger partial charge is 0.497 e. The molecule has 2 atom stereocenters. The third-order valence-electron chi connectivity index (χ3n) is 3.62. The van der Waals surface area contributed by atoms with Crippen molar-refractivity contribution in [2.45, 2.75) is 19.0 Å². The van der Waals surface area contributed by atoms with Gasteiger partial charge in [0.2, 0.25) is 0 Å². The normalized spacial score (nSPS) is 14.2. The first kappa shape index (κ1) is 16.8. The summed E-state index contributed by atoms with van der Waals surface area (Å²) in [4.78, 5) is 2.20. The second-order valence-corrected chi connectivity index (χ2v) is 4.83. The molecule has 0 bridgehead atoms. The van der Waals surface area contributed by atoms with Crippen molar-refractivity contribution in [1.82, 2.24) is 4.90 Å². The smallest absolute Gasteiger partial charge is 0.127 e. The van der Waals surface area contributed by atoms with Gasteiger partial charge in [0.15, 0.2) is 0 Å². The maximum atomic E-state index is 5.96. The van der Waals surface area contributed by atoms with Crippen molar-refractivity contribution >= 4 is 0 Å². The lowest BCUT2D eigenvalue weighted by molar-refractivity contribution is 0.0902. The molecule has 1 aromatic carbocycles. The minimum absolute atomic E-state index is 0.0704. The molecule has 0 heterocycles. The van der Waals surface area contributed by atoms with Crippen molar-refractivity contribution in [1.29, 1.82) is 0 Å². The second kappa shape index (κ2) is 8.09. The van der Waals surface area contributed by atoms with Crippen LogP contribution in [0.2, 0.25) is 0 Å². The van der Waals surface area contributed by atoms with E-state index in [1.54, 1.807) is 21.3 Å². The fraction of sp³-hybridized carbons (Fsp3) is 0.600. The zero-order valence-corrected chi connectivity index (χ0v) is 13.1. The SMILES string of the molecule is COCC(C)N(C)C(CN)c1ccc(OC)cc1OC. The van der Waals surface area contributed by atoms with Gasteiger partial charge in [0.05, 0.1) is 26.9 Å². The quantitative estimate of drug-likeness (QED) is 0.786. The number of rotatable bonds is 8.